The number of esters is 1. The highest BCUT2D eigenvalue weighted by Gasteiger charge is 2.16. The Morgan fingerprint density at radius 1 is 1.06 bits per heavy atom. The number of carbonyl (C=O) groups is 2. The Kier molecular flexibility index (Phi) is 10.1. The molecule has 168 valence electrons. The molecule has 0 bridgehead atoms. The number of nitrogens with one attached hydrogen (secondary N) is 2. The van der Waals surface area contributed by atoms with Crippen LogP contribution in [0.3, 0.4) is 0 Å². The van der Waals surface area contributed by atoms with Gasteiger partial charge in [-0.25, -0.2) is 4.79 Å². The van der Waals surface area contributed by atoms with Crippen LogP contribution in [-0.4, -0.2) is 38.7 Å². The van der Waals surface area contributed by atoms with Crippen LogP contribution in [0, 0.1) is 11.3 Å². The van der Waals surface area contributed by atoms with Gasteiger partial charge in [-0.1, -0.05) is 25.5 Å². The van der Waals surface area contributed by atoms with Crippen molar-refractivity contribution in [2.75, 3.05) is 32.2 Å². The van der Waals surface area contributed by atoms with Crippen LogP contribution in [0.15, 0.2) is 60.3 Å². The average molecular weight is 437 g/mol. The van der Waals surface area contributed by atoms with E-state index in [0.29, 0.717) is 25.5 Å². The third kappa shape index (κ3) is 7.69. The van der Waals surface area contributed by atoms with Crippen molar-refractivity contribution in [3.8, 4) is 17.6 Å². The number of nitriles is 1. The lowest BCUT2D eigenvalue weighted by Crippen LogP contribution is -2.21. The van der Waals surface area contributed by atoms with Crippen LogP contribution in [0.1, 0.15) is 30.1 Å². The quantitative estimate of drug-likeness (QED) is 0.226. The second kappa shape index (κ2) is 13.3. The fraction of sp³-hybridized carbons (Fsp3) is 0.292. The second-order valence-corrected chi connectivity index (χ2v) is 6.64. The van der Waals surface area contributed by atoms with Crippen molar-refractivity contribution >= 4 is 17.6 Å². The summed E-state index contributed by atoms with van der Waals surface area (Å²) >= 11 is 0. The first-order chi connectivity index (χ1) is 15.6. The molecule has 0 saturated carbocycles. The van der Waals surface area contributed by atoms with Gasteiger partial charge in [0.05, 0.1) is 25.0 Å². The molecular weight excluding hydrogens is 410 g/mol. The summed E-state index contributed by atoms with van der Waals surface area (Å²) in [6, 6.07) is 15.5. The molecule has 0 atom stereocenters. The second-order valence-electron chi connectivity index (χ2n) is 6.64. The predicted octanol–water partition coefficient (Wildman–Crippen LogP) is 3.67. The summed E-state index contributed by atoms with van der Waals surface area (Å²) in [6.07, 6.45) is 2.98. The van der Waals surface area contributed by atoms with Crippen LogP contribution in [0.4, 0.5) is 5.69 Å². The number of amides is 1. The van der Waals surface area contributed by atoms with E-state index in [9.17, 15) is 14.9 Å². The molecule has 0 unspecified atom stereocenters. The standard InChI is InChI=1S/C24H27N3O5/c1-3-4-14-32-24(29)21-7-5-6-8-22(21)27-23(28)18(16-25)17-26-13-15-31-20-11-9-19(30-2)10-12-20/h5-12,17,26H,3-4,13-15H2,1-2H3,(H,27,28)/b18-17-. The lowest BCUT2D eigenvalue weighted by Gasteiger charge is -2.11. The number of anilines is 1. The van der Waals surface area contributed by atoms with Gasteiger partial charge in [0.15, 0.2) is 0 Å². The number of unbranched alkanes of at least 4 members (excludes halogenated alkanes) is 1. The molecule has 0 fully saturated rings. The third-order valence-electron chi connectivity index (χ3n) is 4.31. The molecule has 8 heteroatoms. The van der Waals surface area contributed by atoms with Crippen molar-refractivity contribution in [3.05, 3.63) is 65.9 Å². The van der Waals surface area contributed by atoms with E-state index in [4.69, 9.17) is 14.2 Å². The number of para-hydroxylation sites is 1. The number of rotatable bonds is 12. The van der Waals surface area contributed by atoms with Crippen LogP contribution in [-0.2, 0) is 9.53 Å². The molecule has 0 aromatic heterocycles. The molecule has 2 aromatic carbocycles. The van der Waals surface area contributed by atoms with Gasteiger partial charge in [0.25, 0.3) is 5.91 Å². The first kappa shape index (κ1) is 24.3. The minimum absolute atomic E-state index is 0.136. The van der Waals surface area contributed by atoms with Crippen molar-refractivity contribution in [1.29, 1.82) is 5.26 Å². The maximum atomic E-state index is 12.5. The van der Waals surface area contributed by atoms with Gasteiger partial charge in [-0.3, -0.25) is 4.79 Å². The van der Waals surface area contributed by atoms with Crippen LogP contribution >= 0.6 is 0 Å². The van der Waals surface area contributed by atoms with Gasteiger partial charge in [-0.2, -0.15) is 5.26 Å². The van der Waals surface area contributed by atoms with E-state index in [0.717, 1.165) is 18.6 Å². The van der Waals surface area contributed by atoms with Crippen LogP contribution < -0.4 is 20.1 Å². The van der Waals surface area contributed by atoms with E-state index in [-0.39, 0.29) is 16.8 Å². The number of carbonyl (C=O) groups excluding carboxylic acids is 2. The fourth-order valence-electron chi connectivity index (χ4n) is 2.57. The first-order valence-electron chi connectivity index (χ1n) is 10.3. The molecular formula is C24H27N3O5. The zero-order valence-corrected chi connectivity index (χ0v) is 18.2. The predicted molar refractivity (Wildman–Crippen MR) is 120 cm³/mol. The van der Waals surface area contributed by atoms with Gasteiger partial charge in [-0.15, -0.1) is 0 Å². The minimum Gasteiger partial charge on any atom is -0.497 e. The van der Waals surface area contributed by atoms with Crippen molar-refractivity contribution in [2.24, 2.45) is 0 Å². The summed E-state index contributed by atoms with van der Waals surface area (Å²) < 4.78 is 15.9. The molecule has 8 nitrogen and oxygen atoms in total. The molecule has 0 radical (unpaired) electrons. The molecule has 0 aliphatic heterocycles. The lowest BCUT2D eigenvalue weighted by atomic mass is 10.1. The van der Waals surface area contributed by atoms with Crippen molar-refractivity contribution in [3.63, 3.8) is 0 Å². The normalized spacial score (nSPS) is 10.6. The van der Waals surface area contributed by atoms with E-state index < -0.39 is 11.9 Å². The topological polar surface area (TPSA) is 110 Å². The zero-order valence-electron chi connectivity index (χ0n) is 18.2. The smallest absolute Gasteiger partial charge is 0.340 e. The average Bonchev–Trinajstić information content (AvgIpc) is 2.82. The molecule has 2 aromatic rings. The van der Waals surface area contributed by atoms with Crippen LogP contribution in [0.2, 0.25) is 0 Å². The number of nitrogens with zero attached hydrogens (tertiary/aromatic N) is 1. The molecule has 32 heavy (non-hydrogen) atoms. The molecule has 0 aliphatic carbocycles. The third-order valence-corrected chi connectivity index (χ3v) is 4.31. The Hall–Kier alpha value is -3.99. The van der Waals surface area contributed by atoms with Gasteiger partial charge >= 0.3 is 5.97 Å². The highest BCUT2D eigenvalue weighted by Crippen LogP contribution is 2.18. The Bertz CT molecular complexity index is 964. The fourth-order valence-corrected chi connectivity index (χ4v) is 2.57. The molecule has 0 saturated heterocycles. The van der Waals surface area contributed by atoms with E-state index in [1.54, 1.807) is 55.6 Å². The highest BCUT2D eigenvalue weighted by atomic mass is 16.5. The number of methoxy groups -OCH3 is 1. The van der Waals surface area contributed by atoms with Gasteiger partial charge < -0.3 is 24.8 Å². The molecule has 1 amide bonds. The summed E-state index contributed by atoms with van der Waals surface area (Å²) in [6.45, 7) is 3.01. The number of hydrogen-bond acceptors (Lipinski definition) is 7. The van der Waals surface area contributed by atoms with Crippen LogP contribution in [0.5, 0.6) is 11.5 Å². The summed E-state index contributed by atoms with van der Waals surface area (Å²) in [5.74, 6) is 0.256. The van der Waals surface area contributed by atoms with Gasteiger partial charge in [0.2, 0.25) is 0 Å². The molecule has 2 N–H and O–H groups in total. The lowest BCUT2D eigenvalue weighted by molar-refractivity contribution is -0.112. The summed E-state index contributed by atoms with van der Waals surface area (Å²) in [5.41, 5.74) is 0.377. The molecule has 0 heterocycles. The zero-order chi connectivity index (χ0) is 23.2. The van der Waals surface area contributed by atoms with E-state index >= 15 is 0 Å². The van der Waals surface area contributed by atoms with E-state index in [1.165, 1.54) is 6.20 Å². The van der Waals surface area contributed by atoms with Crippen molar-refractivity contribution in [1.82, 2.24) is 5.32 Å². The molecule has 2 rings (SSSR count). The Morgan fingerprint density at radius 2 is 1.78 bits per heavy atom. The Morgan fingerprint density at radius 3 is 2.47 bits per heavy atom. The highest BCUT2D eigenvalue weighted by molar-refractivity contribution is 6.09. The van der Waals surface area contributed by atoms with Crippen molar-refractivity contribution < 1.29 is 23.8 Å². The van der Waals surface area contributed by atoms with Crippen LogP contribution in [0.25, 0.3) is 0 Å². The van der Waals surface area contributed by atoms with Gasteiger partial charge in [0, 0.05) is 12.7 Å². The maximum absolute atomic E-state index is 12.5. The maximum Gasteiger partial charge on any atom is 0.340 e. The van der Waals surface area contributed by atoms with E-state index in [1.807, 2.05) is 13.0 Å². The number of benzene rings is 2. The summed E-state index contributed by atoms with van der Waals surface area (Å²) in [7, 11) is 1.59. The minimum atomic E-state index is -0.634. The monoisotopic (exact) mass is 437 g/mol. The van der Waals surface area contributed by atoms with Gasteiger partial charge in [0.1, 0.15) is 29.7 Å². The summed E-state index contributed by atoms with van der Waals surface area (Å²) in [5, 5.41) is 14.8. The Labute approximate surface area is 187 Å². The summed E-state index contributed by atoms with van der Waals surface area (Å²) in [4.78, 5) is 24.8. The Balaban J connectivity index is 1.88. The van der Waals surface area contributed by atoms with Crippen molar-refractivity contribution in [2.45, 2.75) is 19.8 Å². The number of hydrogen-bond donors (Lipinski definition) is 2. The largest absolute Gasteiger partial charge is 0.497 e. The molecule has 0 aliphatic rings. The van der Waals surface area contributed by atoms with E-state index in [2.05, 4.69) is 10.6 Å². The number of ether oxygens (including phenoxy) is 3. The molecule has 0 spiro atoms. The first-order valence-corrected chi connectivity index (χ1v) is 10.3. The van der Waals surface area contributed by atoms with Gasteiger partial charge in [-0.05, 0) is 42.8 Å². The SMILES string of the molecule is CCCCOC(=O)c1ccccc1NC(=O)/C(C#N)=C\NCCOc1ccc(OC)cc1.